The number of ether oxygens (including phenoxy) is 1. The summed E-state index contributed by atoms with van der Waals surface area (Å²) < 4.78 is 4.99. The molecule has 0 aliphatic rings. The molecule has 0 aliphatic carbocycles. The number of hydrogen-bond donors (Lipinski definition) is 2. The van der Waals surface area contributed by atoms with E-state index in [-0.39, 0.29) is 22.9 Å². The Balaban J connectivity index is 2.25. The van der Waals surface area contributed by atoms with E-state index < -0.39 is 11.9 Å². The number of nitrogens with zero attached hydrogens (tertiary/aromatic N) is 1. The zero-order valence-electron chi connectivity index (χ0n) is 12.4. The van der Waals surface area contributed by atoms with Gasteiger partial charge >= 0.3 is 5.97 Å². The fraction of sp³-hybridized carbons (Fsp3) is 0.267. The predicted molar refractivity (Wildman–Crippen MR) is 84.1 cm³/mol. The molecular formula is C15H16N2O4S. The SMILES string of the molecule is COc1ccc(NC(=O)c2csc(C(C)C)n2)c(C(=O)O)c1. The summed E-state index contributed by atoms with van der Waals surface area (Å²) in [4.78, 5) is 27.7. The van der Waals surface area contributed by atoms with Gasteiger partial charge in [0.1, 0.15) is 11.4 Å². The van der Waals surface area contributed by atoms with Crippen molar-refractivity contribution >= 4 is 28.9 Å². The van der Waals surface area contributed by atoms with Gasteiger partial charge in [-0.05, 0) is 18.2 Å². The van der Waals surface area contributed by atoms with Gasteiger partial charge in [0, 0.05) is 11.3 Å². The standard InChI is InChI=1S/C15H16N2O4S/c1-8(2)14-17-12(7-22-14)13(18)16-11-5-4-9(21-3)6-10(11)15(19)20/h4-8H,1-3H3,(H,16,18)(H,19,20). The summed E-state index contributed by atoms with van der Waals surface area (Å²) in [6, 6.07) is 4.44. The number of amides is 1. The van der Waals surface area contributed by atoms with Gasteiger partial charge in [0.05, 0.1) is 23.4 Å². The van der Waals surface area contributed by atoms with Crippen molar-refractivity contribution in [2.75, 3.05) is 12.4 Å². The van der Waals surface area contributed by atoms with E-state index in [0.29, 0.717) is 5.75 Å². The largest absolute Gasteiger partial charge is 0.497 e. The Morgan fingerprint density at radius 2 is 2.09 bits per heavy atom. The van der Waals surface area contributed by atoms with E-state index in [1.807, 2.05) is 13.8 Å². The van der Waals surface area contributed by atoms with Crippen LogP contribution in [-0.2, 0) is 0 Å². The second-order valence-electron chi connectivity index (χ2n) is 4.90. The molecule has 1 amide bonds. The van der Waals surface area contributed by atoms with Gasteiger partial charge in [-0.2, -0.15) is 0 Å². The van der Waals surface area contributed by atoms with Crippen molar-refractivity contribution in [3.63, 3.8) is 0 Å². The number of carboxylic acid groups (broad SMARTS) is 1. The van der Waals surface area contributed by atoms with Gasteiger partial charge in [0.2, 0.25) is 0 Å². The summed E-state index contributed by atoms with van der Waals surface area (Å²) in [6.07, 6.45) is 0. The van der Waals surface area contributed by atoms with E-state index in [1.165, 1.54) is 30.6 Å². The molecule has 0 bridgehead atoms. The zero-order valence-corrected chi connectivity index (χ0v) is 13.2. The number of nitrogens with one attached hydrogen (secondary N) is 1. The molecule has 0 radical (unpaired) electrons. The fourth-order valence-corrected chi connectivity index (χ4v) is 2.60. The normalized spacial score (nSPS) is 10.5. The third-order valence-corrected chi connectivity index (χ3v) is 4.10. The van der Waals surface area contributed by atoms with Crippen molar-refractivity contribution in [1.29, 1.82) is 0 Å². The van der Waals surface area contributed by atoms with Crippen LogP contribution in [0.5, 0.6) is 5.75 Å². The number of carbonyl (C=O) groups excluding carboxylic acids is 1. The molecule has 1 heterocycles. The van der Waals surface area contributed by atoms with Gasteiger partial charge < -0.3 is 15.2 Å². The van der Waals surface area contributed by atoms with Gasteiger partial charge in [-0.15, -0.1) is 11.3 Å². The quantitative estimate of drug-likeness (QED) is 0.883. The first-order chi connectivity index (χ1) is 10.4. The first-order valence-electron chi connectivity index (χ1n) is 6.60. The maximum absolute atomic E-state index is 12.2. The van der Waals surface area contributed by atoms with Gasteiger partial charge in [-0.3, -0.25) is 4.79 Å². The average Bonchev–Trinajstić information content (AvgIpc) is 2.97. The monoisotopic (exact) mass is 320 g/mol. The molecule has 6 nitrogen and oxygen atoms in total. The highest BCUT2D eigenvalue weighted by atomic mass is 32.1. The Labute approximate surface area is 131 Å². The van der Waals surface area contributed by atoms with Crippen LogP contribution >= 0.6 is 11.3 Å². The van der Waals surface area contributed by atoms with Crippen LogP contribution in [0, 0.1) is 0 Å². The Hall–Kier alpha value is -2.41. The number of aromatic nitrogens is 1. The number of carbonyl (C=O) groups is 2. The third-order valence-electron chi connectivity index (χ3n) is 2.95. The number of aromatic carboxylic acids is 1. The minimum absolute atomic E-state index is 0.0352. The van der Waals surface area contributed by atoms with Crippen LogP contribution in [0.4, 0.5) is 5.69 Å². The number of thiazole rings is 1. The first kappa shape index (κ1) is 16.0. The van der Waals surface area contributed by atoms with Crippen molar-refractivity contribution in [3.8, 4) is 5.75 Å². The molecule has 0 atom stereocenters. The highest BCUT2D eigenvalue weighted by Gasteiger charge is 2.17. The summed E-state index contributed by atoms with van der Waals surface area (Å²) in [5, 5.41) is 14.3. The Morgan fingerprint density at radius 1 is 1.36 bits per heavy atom. The minimum atomic E-state index is -1.14. The molecule has 0 saturated heterocycles. The van der Waals surface area contributed by atoms with E-state index in [9.17, 15) is 14.7 Å². The highest BCUT2D eigenvalue weighted by molar-refractivity contribution is 7.09. The summed E-state index contributed by atoms with van der Waals surface area (Å²) in [7, 11) is 1.45. The average molecular weight is 320 g/mol. The summed E-state index contributed by atoms with van der Waals surface area (Å²) >= 11 is 1.40. The number of rotatable bonds is 5. The van der Waals surface area contributed by atoms with Crippen LogP contribution in [0.15, 0.2) is 23.6 Å². The smallest absolute Gasteiger partial charge is 0.337 e. The number of hydrogen-bond acceptors (Lipinski definition) is 5. The molecule has 0 fully saturated rings. The molecule has 2 N–H and O–H groups in total. The maximum Gasteiger partial charge on any atom is 0.337 e. The first-order valence-corrected chi connectivity index (χ1v) is 7.48. The minimum Gasteiger partial charge on any atom is -0.497 e. The maximum atomic E-state index is 12.2. The van der Waals surface area contributed by atoms with E-state index >= 15 is 0 Å². The summed E-state index contributed by atoms with van der Waals surface area (Å²) in [6.45, 7) is 3.99. The lowest BCUT2D eigenvalue weighted by molar-refractivity contribution is 0.0697. The number of carboxylic acids is 1. The van der Waals surface area contributed by atoms with Crippen LogP contribution in [0.2, 0.25) is 0 Å². The number of methoxy groups -OCH3 is 1. The summed E-state index contributed by atoms with van der Waals surface area (Å²) in [5.41, 5.74) is 0.449. The second-order valence-corrected chi connectivity index (χ2v) is 5.79. The van der Waals surface area contributed by atoms with Gasteiger partial charge in [-0.1, -0.05) is 13.8 Å². The Kier molecular flexibility index (Phi) is 4.77. The molecule has 1 aromatic carbocycles. The molecule has 2 rings (SSSR count). The molecule has 0 saturated carbocycles. The van der Waals surface area contributed by atoms with Crippen LogP contribution in [0.1, 0.15) is 45.6 Å². The Morgan fingerprint density at radius 3 is 2.64 bits per heavy atom. The van der Waals surface area contributed by atoms with Crippen LogP contribution in [0.3, 0.4) is 0 Å². The molecule has 22 heavy (non-hydrogen) atoms. The molecular weight excluding hydrogens is 304 g/mol. The van der Waals surface area contributed by atoms with Crippen LogP contribution < -0.4 is 10.1 Å². The van der Waals surface area contributed by atoms with E-state index in [1.54, 1.807) is 11.4 Å². The zero-order chi connectivity index (χ0) is 16.3. The lowest BCUT2D eigenvalue weighted by Crippen LogP contribution is -2.15. The molecule has 7 heteroatoms. The van der Waals surface area contributed by atoms with E-state index in [0.717, 1.165) is 5.01 Å². The predicted octanol–water partition coefficient (Wildman–Crippen LogP) is 3.23. The van der Waals surface area contributed by atoms with Crippen molar-refractivity contribution in [2.24, 2.45) is 0 Å². The lowest BCUT2D eigenvalue weighted by Gasteiger charge is -2.09. The van der Waals surface area contributed by atoms with Crippen molar-refractivity contribution < 1.29 is 19.4 Å². The summed E-state index contributed by atoms with van der Waals surface area (Å²) in [5.74, 6) is -0.931. The van der Waals surface area contributed by atoms with Gasteiger partial charge in [-0.25, -0.2) is 9.78 Å². The fourth-order valence-electron chi connectivity index (χ4n) is 1.78. The topological polar surface area (TPSA) is 88.5 Å². The van der Waals surface area contributed by atoms with Crippen LogP contribution in [-0.4, -0.2) is 29.1 Å². The lowest BCUT2D eigenvalue weighted by atomic mass is 10.1. The van der Waals surface area contributed by atoms with Crippen molar-refractivity contribution in [3.05, 3.63) is 39.8 Å². The molecule has 1 aromatic heterocycles. The Bertz CT molecular complexity index is 709. The van der Waals surface area contributed by atoms with Gasteiger partial charge in [0.25, 0.3) is 5.91 Å². The van der Waals surface area contributed by atoms with Crippen LogP contribution in [0.25, 0.3) is 0 Å². The number of anilines is 1. The molecule has 2 aromatic rings. The molecule has 0 aliphatic heterocycles. The third kappa shape index (κ3) is 3.43. The van der Waals surface area contributed by atoms with E-state index in [2.05, 4.69) is 10.3 Å². The van der Waals surface area contributed by atoms with Crippen molar-refractivity contribution in [2.45, 2.75) is 19.8 Å². The number of benzene rings is 1. The molecule has 0 spiro atoms. The molecule has 116 valence electrons. The van der Waals surface area contributed by atoms with Crippen molar-refractivity contribution in [1.82, 2.24) is 4.98 Å². The van der Waals surface area contributed by atoms with Gasteiger partial charge in [0.15, 0.2) is 0 Å². The highest BCUT2D eigenvalue weighted by Crippen LogP contribution is 2.24. The second kappa shape index (κ2) is 6.57. The molecule has 0 unspecified atom stereocenters. The van der Waals surface area contributed by atoms with E-state index in [4.69, 9.17) is 4.74 Å².